The maximum atomic E-state index is 11.7. The molecule has 1 heterocycles. The Morgan fingerprint density at radius 1 is 1.30 bits per heavy atom. The standard InChI is InChI=1S/C14H20N2O3S/c1-2-11-3-5-13(6-4-11)16-14(17)15-9-12-7-8-20(18,19)10-12/h3-6,12H,2,7-10H2,1H3,(H2,15,16,17)/t12-/m1/s1. The second-order valence-electron chi connectivity index (χ2n) is 5.15. The number of nitrogens with one attached hydrogen (secondary N) is 2. The lowest BCUT2D eigenvalue weighted by Crippen LogP contribution is -2.33. The number of urea groups is 1. The van der Waals surface area contributed by atoms with Crippen molar-refractivity contribution < 1.29 is 13.2 Å². The number of carbonyl (C=O) groups excluding carboxylic acids is 1. The Bertz CT molecular complexity index is 567. The second kappa shape index (κ2) is 6.26. The van der Waals surface area contributed by atoms with E-state index < -0.39 is 9.84 Å². The molecule has 0 aromatic heterocycles. The molecule has 20 heavy (non-hydrogen) atoms. The Kier molecular flexibility index (Phi) is 4.65. The van der Waals surface area contributed by atoms with Gasteiger partial charge in [-0.2, -0.15) is 0 Å². The number of benzene rings is 1. The molecule has 0 bridgehead atoms. The van der Waals surface area contributed by atoms with Gasteiger partial charge in [-0.05, 0) is 36.5 Å². The fourth-order valence-corrected chi connectivity index (χ4v) is 4.13. The molecule has 1 aliphatic rings. The average Bonchev–Trinajstić information content (AvgIpc) is 2.77. The number of carbonyl (C=O) groups is 1. The van der Waals surface area contributed by atoms with Crippen molar-refractivity contribution in [1.82, 2.24) is 5.32 Å². The Morgan fingerprint density at radius 2 is 2.00 bits per heavy atom. The highest BCUT2D eigenvalue weighted by atomic mass is 32.2. The van der Waals surface area contributed by atoms with Gasteiger partial charge in [0.2, 0.25) is 0 Å². The summed E-state index contributed by atoms with van der Waals surface area (Å²) in [5.74, 6) is 0.450. The van der Waals surface area contributed by atoms with E-state index in [0.29, 0.717) is 13.0 Å². The molecule has 2 N–H and O–H groups in total. The molecule has 5 nitrogen and oxygen atoms in total. The number of hydrogen-bond acceptors (Lipinski definition) is 3. The van der Waals surface area contributed by atoms with Gasteiger partial charge in [-0.25, -0.2) is 13.2 Å². The normalized spacial score (nSPS) is 20.6. The summed E-state index contributed by atoms with van der Waals surface area (Å²) in [6.45, 7) is 2.48. The minimum absolute atomic E-state index is 0.0354. The summed E-state index contributed by atoms with van der Waals surface area (Å²) in [7, 11) is -2.88. The number of sulfone groups is 1. The van der Waals surface area contributed by atoms with Crippen molar-refractivity contribution >= 4 is 21.6 Å². The molecule has 0 radical (unpaired) electrons. The average molecular weight is 296 g/mol. The van der Waals surface area contributed by atoms with Crippen molar-refractivity contribution in [3.8, 4) is 0 Å². The lowest BCUT2D eigenvalue weighted by Gasteiger charge is -2.11. The molecular weight excluding hydrogens is 276 g/mol. The monoisotopic (exact) mass is 296 g/mol. The van der Waals surface area contributed by atoms with Gasteiger partial charge in [-0.15, -0.1) is 0 Å². The van der Waals surface area contributed by atoms with Crippen molar-refractivity contribution in [3.63, 3.8) is 0 Å². The van der Waals surface area contributed by atoms with Crippen molar-refractivity contribution in [2.45, 2.75) is 19.8 Å². The summed E-state index contributed by atoms with van der Waals surface area (Å²) in [4.78, 5) is 11.7. The number of amides is 2. The van der Waals surface area contributed by atoms with Crippen LogP contribution in [0.5, 0.6) is 0 Å². The van der Waals surface area contributed by atoms with E-state index in [1.807, 2.05) is 24.3 Å². The number of anilines is 1. The zero-order valence-electron chi connectivity index (χ0n) is 11.6. The first-order valence-electron chi connectivity index (χ1n) is 6.83. The summed E-state index contributed by atoms with van der Waals surface area (Å²) in [6.07, 6.45) is 1.59. The maximum absolute atomic E-state index is 11.7. The number of rotatable bonds is 4. The first-order chi connectivity index (χ1) is 9.48. The predicted octanol–water partition coefficient (Wildman–Crippen LogP) is 1.81. The van der Waals surface area contributed by atoms with E-state index in [1.165, 1.54) is 5.56 Å². The summed E-state index contributed by atoms with van der Waals surface area (Å²) in [5.41, 5.74) is 1.95. The zero-order chi connectivity index (χ0) is 14.6. The molecule has 1 fully saturated rings. The Hall–Kier alpha value is -1.56. The van der Waals surface area contributed by atoms with Crippen molar-refractivity contribution in [2.75, 3.05) is 23.4 Å². The third-order valence-electron chi connectivity index (χ3n) is 3.50. The van der Waals surface area contributed by atoms with Crippen LogP contribution in [0.2, 0.25) is 0 Å². The zero-order valence-corrected chi connectivity index (χ0v) is 12.4. The molecule has 1 atom stereocenters. The summed E-state index contributed by atoms with van der Waals surface area (Å²) in [6, 6.07) is 7.37. The van der Waals surface area contributed by atoms with Gasteiger partial charge in [0.1, 0.15) is 0 Å². The van der Waals surface area contributed by atoms with Gasteiger partial charge in [0.25, 0.3) is 0 Å². The van der Waals surface area contributed by atoms with Crippen LogP contribution in [0.15, 0.2) is 24.3 Å². The molecule has 6 heteroatoms. The van der Waals surface area contributed by atoms with Gasteiger partial charge in [-0.1, -0.05) is 19.1 Å². The van der Waals surface area contributed by atoms with E-state index in [9.17, 15) is 13.2 Å². The molecule has 2 rings (SSSR count). The van der Waals surface area contributed by atoms with Crippen molar-refractivity contribution in [1.29, 1.82) is 0 Å². The quantitative estimate of drug-likeness (QED) is 0.889. The number of aryl methyl sites for hydroxylation is 1. The molecule has 1 aromatic carbocycles. The molecule has 0 unspecified atom stereocenters. The molecular formula is C14H20N2O3S. The van der Waals surface area contributed by atoms with Gasteiger partial charge in [0.05, 0.1) is 11.5 Å². The number of hydrogen-bond donors (Lipinski definition) is 2. The molecule has 1 aliphatic heterocycles. The smallest absolute Gasteiger partial charge is 0.319 e. The van der Waals surface area contributed by atoms with Crippen LogP contribution in [-0.4, -0.2) is 32.5 Å². The van der Waals surface area contributed by atoms with Gasteiger partial charge >= 0.3 is 6.03 Å². The molecule has 1 aromatic rings. The minimum atomic E-state index is -2.88. The molecule has 0 spiro atoms. The first kappa shape index (κ1) is 14.8. The van der Waals surface area contributed by atoms with Crippen molar-refractivity contribution in [2.24, 2.45) is 5.92 Å². The van der Waals surface area contributed by atoms with E-state index >= 15 is 0 Å². The Morgan fingerprint density at radius 3 is 2.55 bits per heavy atom. The van der Waals surface area contributed by atoms with Crippen LogP contribution in [0.4, 0.5) is 10.5 Å². The second-order valence-corrected chi connectivity index (χ2v) is 7.38. The molecule has 2 amide bonds. The fourth-order valence-electron chi connectivity index (χ4n) is 2.27. The lowest BCUT2D eigenvalue weighted by atomic mass is 10.1. The molecule has 0 aliphatic carbocycles. The highest BCUT2D eigenvalue weighted by molar-refractivity contribution is 7.91. The van der Waals surface area contributed by atoms with Gasteiger partial charge in [0, 0.05) is 12.2 Å². The SMILES string of the molecule is CCc1ccc(NC(=O)NC[C@H]2CCS(=O)(=O)C2)cc1. The van der Waals surface area contributed by atoms with Gasteiger partial charge < -0.3 is 10.6 Å². The molecule has 0 saturated carbocycles. The fraction of sp³-hybridized carbons (Fsp3) is 0.500. The van der Waals surface area contributed by atoms with Crippen LogP contribution < -0.4 is 10.6 Å². The van der Waals surface area contributed by atoms with Crippen LogP contribution in [0, 0.1) is 5.92 Å². The van der Waals surface area contributed by atoms with Crippen LogP contribution in [-0.2, 0) is 16.3 Å². The highest BCUT2D eigenvalue weighted by Crippen LogP contribution is 2.17. The first-order valence-corrected chi connectivity index (χ1v) is 8.65. The van der Waals surface area contributed by atoms with E-state index in [4.69, 9.17) is 0 Å². The predicted molar refractivity (Wildman–Crippen MR) is 79.6 cm³/mol. The van der Waals surface area contributed by atoms with E-state index in [1.54, 1.807) is 0 Å². The van der Waals surface area contributed by atoms with Gasteiger partial charge in [-0.3, -0.25) is 0 Å². The lowest BCUT2D eigenvalue weighted by molar-refractivity contribution is 0.250. The summed E-state index contributed by atoms with van der Waals surface area (Å²) < 4.78 is 22.6. The maximum Gasteiger partial charge on any atom is 0.319 e. The van der Waals surface area contributed by atoms with Crippen LogP contribution in [0.1, 0.15) is 18.9 Å². The van der Waals surface area contributed by atoms with Gasteiger partial charge in [0.15, 0.2) is 9.84 Å². The van der Waals surface area contributed by atoms with E-state index in [0.717, 1.165) is 12.1 Å². The highest BCUT2D eigenvalue weighted by Gasteiger charge is 2.27. The Labute approximate surface area is 119 Å². The summed E-state index contributed by atoms with van der Waals surface area (Å²) >= 11 is 0. The molecule has 1 saturated heterocycles. The largest absolute Gasteiger partial charge is 0.338 e. The molecule has 110 valence electrons. The third kappa shape index (κ3) is 4.23. The minimum Gasteiger partial charge on any atom is -0.338 e. The van der Waals surface area contributed by atoms with Crippen LogP contribution in [0.25, 0.3) is 0 Å². The van der Waals surface area contributed by atoms with Crippen LogP contribution in [0.3, 0.4) is 0 Å². The van der Waals surface area contributed by atoms with Crippen LogP contribution >= 0.6 is 0 Å². The third-order valence-corrected chi connectivity index (χ3v) is 5.34. The van der Waals surface area contributed by atoms with E-state index in [-0.39, 0.29) is 23.5 Å². The topological polar surface area (TPSA) is 75.3 Å². The summed E-state index contributed by atoms with van der Waals surface area (Å²) in [5, 5.41) is 5.46. The van der Waals surface area contributed by atoms with E-state index in [2.05, 4.69) is 17.6 Å². The van der Waals surface area contributed by atoms with Crippen molar-refractivity contribution in [3.05, 3.63) is 29.8 Å². The Balaban J connectivity index is 1.78.